The zero-order valence-corrected chi connectivity index (χ0v) is 42.0. The minimum Gasteiger partial charge on any atom is -0.491 e. The minimum atomic E-state index is -2.23. The summed E-state index contributed by atoms with van der Waals surface area (Å²) in [6.07, 6.45) is 3.48. The molecule has 380 valence electrons. The molecule has 1 aliphatic carbocycles. The quantitative estimate of drug-likeness (QED) is 0.0551. The average Bonchev–Trinajstić information content (AvgIpc) is 3.98. The summed E-state index contributed by atoms with van der Waals surface area (Å²) in [5, 5.41) is 28.0. The molecule has 1 aromatic heterocycles. The van der Waals surface area contributed by atoms with E-state index in [0.29, 0.717) is 40.6 Å². The molecule has 7 atom stereocenters. The minimum absolute atomic E-state index is 0.0687. The SMILES string of the molecule is COC(=O)[C@@H](NC(=O)N1C(=O)[C@@]2(c3cc(C#CC4(O)CCCCCC4)ccc31)[C@H](C(=O)Nc1nc3ccccc3s1)[C@H]1C(=O)O[C@H](c3ccccc3)[C@H](c3ccccc3)N1[C@@H]2c1ccccc1OCCO)C(C)C. The van der Waals surface area contributed by atoms with Crippen molar-refractivity contribution in [1.82, 2.24) is 15.2 Å². The van der Waals surface area contributed by atoms with Crippen molar-refractivity contribution in [3.63, 3.8) is 0 Å². The molecule has 4 amide bonds. The van der Waals surface area contributed by atoms with Crippen LogP contribution in [0.2, 0.25) is 0 Å². The second-order valence-electron chi connectivity index (χ2n) is 19.6. The molecule has 74 heavy (non-hydrogen) atoms. The van der Waals surface area contributed by atoms with Gasteiger partial charge in [0, 0.05) is 11.1 Å². The highest BCUT2D eigenvalue weighted by atomic mass is 32.1. The Morgan fingerprint density at radius 1 is 0.865 bits per heavy atom. The van der Waals surface area contributed by atoms with Gasteiger partial charge in [0.25, 0.3) is 0 Å². The average molecular weight is 1020 g/mol. The standard InChI is InChI=1S/C58H57N5O10S/c1-35(2)46(52(66)71-3)60-56(69)62-42-27-26-36(28-31-57(70)29-16-4-5-17-30-57)34-40(42)58(54(62)68)45(51(65)61-55-59-41-23-13-15-25-44(41)74-55)48-53(67)73-49(38-20-10-7-11-21-38)47(37-18-8-6-9-19-37)63(48)50(58)39-22-12-14-24-43(39)72-33-32-64/h6-15,18-27,34-35,45-50,64,70H,4-5,16-17,29-30,32-33H2,1-3H3,(H,60,69)(H,59,61,65)/t45-,46-,47-,48-,49+,50+,58-/m0/s1. The number of esters is 2. The molecular weight excluding hydrogens is 959 g/mol. The number of fused-ring (bicyclic) bond motifs is 4. The summed E-state index contributed by atoms with van der Waals surface area (Å²) >= 11 is 1.22. The molecule has 6 aromatic rings. The van der Waals surface area contributed by atoms with Gasteiger partial charge in [0.2, 0.25) is 11.8 Å². The summed E-state index contributed by atoms with van der Waals surface area (Å²) in [7, 11) is 1.21. The lowest BCUT2D eigenvalue weighted by atomic mass is 9.65. The molecule has 2 saturated heterocycles. The van der Waals surface area contributed by atoms with Crippen molar-refractivity contribution in [3.05, 3.63) is 155 Å². The number of methoxy groups -OCH3 is 1. The number of carbonyl (C=O) groups excluding carboxylic acids is 5. The summed E-state index contributed by atoms with van der Waals surface area (Å²) in [5.41, 5.74) is -0.593. The second kappa shape index (κ2) is 20.8. The zero-order valence-electron chi connectivity index (χ0n) is 41.2. The Hall–Kier alpha value is -7.42. The number of cyclic esters (lactones) is 1. The van der Waals surface area contributed by atoms with Crippen LogP contribution in [-0.2, 0) is 34.1 Å². The molecule has 3 fully saturated rings. The summed E-state index contributed by atoms with van der Waals surface area (Å²) in [6, 6.07) is 31.9. The molecule has 0 radical (unpaired) electrons. The van der Waals surface area contributed by atoms with Gasteiger partial charge in [-0.3, -0.25) is 19.3 Å². The van der Waals surface area contributed by atoms with E-state index >= 15 is 19.2 Å². The van der Waals surface area contributed by atoms with Gasteiger partial charge >= 0.3 is 18.0 Å². The molecule has 16 heteroatoms. The van der Waals surface area contributed by atoms with Gasteiger partial charge in [-0.1, -0.05) is 141 Å². The maximum atomic E-state index is 16.9. The van der Waals surface area contributed by atoms with Gasteiger partial charge in [-0.25, -0.2) is 19.5 Å². The Bertz CT molecular complexity index is 3130. The maximum Gasteiger partial charge on any atom is 0.329 e. The number of carbonyl (C=O) groups is 5. The first kappa shape index (κ1) is 50.1. The third-order valence-electron chi connectivity index (χ3n) is 14.8. The second-order valence-corrected chi connectivity index (χ2v) is 20.6. The van der Waals surface area contributed by atoms with Crippen molar-refractivity contribution in [2.45, 2.75) is 93.7 Å². The number of imide groups is 1. The van der Waals surface area contributed by atoms with E-state index in [1.165, 1.54) is 18.4 Å². The first-order chi connectivity index (χ1) is 35.9. The summed E-state index contributed by atoms with van der Waals surface area (Å²) in [5.74, 6) is 1.23. The highest BCUT2D eigenvalue weighted by Gasteiger charge is 2.76. The molecule has 15 nitrogen and oxygen atoms in total. The number of thiazole rings is 1. The van der Waals surface area contributed by atoms with Crippen molar-refractivity contribution in [2.24, 2.45) is 11.8 Å². The van der Waals surface area contributed by atoms with Crippen LogP contribution >= 0.6 is 11.3 Å². The van der Waals surface area contributed by atoms with E-state index in [1.54, 1.807) is 56.3 Å². The number of anilines is 2. The summed E-state index contributed by atoms with van der Waals surface area (Å²) in [6.45, 7) is 2.95. The fourth-order valence-electron chi connectivity index (χ4n) is 11.5. The first-order valence-electron chi connectivity index (χ1n) is 25.1. The number of nitrogens with zero attached hydrogens (tertiary/aromatic N) is 3. The van der Waals surface area contributed by atoms with Crippen LogP contribution in [0.25, 0.3) is 10.2 Å². The lowest BCUT2D eigenvalue weighted by Crippen LogP contribution is -2.57. The number of nitrogens with one attached hydrogen (secondary N) is 2. The normalized spacial score (nSPS) is 23.5. The molecular formula is C58H57N5O10S. The van der Waals surface area contributed by atoms with Gasteiger partial charge < -0.3 is 35.1 Å². The molecule has 0 unspecified atom stereocenters. The van der Waals surface area contributed by atoms with Crippen LogP contribution in [0.15, 0.2) is 127 Å². The Morgan fingerprint density at radius 3 is 2.23 bits per heavy atom. The van der Waals surface area contributed by atoms with Crippen molar-refractivity contribution >= 4 is 62.2 Å². The number of hydrogen-bond acceptors (Lipinski definition) is 13. The lowest BCUT2D eigenvalue weighted by Gasteiger charge is -2.46. The number of aromatic nitrogens is 1. The number of rotatable bonds is 11. The number of amides is 4. The van der Waals surface area contributed by atoms with Crippen LogP contribution in [0.1, 0.15) is 98.4 Å². The lowest BCUT2D eigenvalue weighted by molar-refractivity contribution is -0.178. The van der Waals surface area contributed by atoms with E-state index in [4.69, 9.17) is 19.2 Å². The van der Waals surface area contributed by atoms with E-state index in [0.717, 1.165) is 35.3 Å². The molecule has 5 aromatic carbocycles. The Balaban J connectivity index is 1.29. The Labute approximate surface area is 432 Å². The smallest absolute Gasteiger partial charge is 0.329 e. The van der Waals surface area contributed by atoms with Gasteiger partial charge in [-0.2, -0.15) is 0 Å². The predicted octanol–water partition coefficient (Wildman–Crippen LogP) is 8.32. The highest BCUT2D eigenvalue weighted by Crippen LogP contribution is 2.67. The van der Waals surface area contributed by atoms with E-state index in [1.807, 2.05) is 89.8 Å². The van der Waals surface area contributed by atoms with Crippen LogP contribution in [0.4, 0.5) is 15.6 Å². The van der Waals surface area contributed by atoms with Gasteiger partial charge in [-0.05, 0) is 84.7 Å². The Kier molecular flexibility index (Phi) is 14.1. The fourth-order valence-corrected chi connectivity index (χ4v) is 12.4. The van der Waals surface area contributed by atoms with Crippen molar-refractivity contribution in [3.8, 4) is 17.6 Å². The van der Waals surface area contributed by atoms with Crippen LogP contribution in [-0.4, -0.2) is 87.9 Å². The van der Waals surface area contributed by atoms with E-state index in [9.17, 15) is 15.0 Å². The number of aliphatic hydroxyl groups excluding tert-OH is 1. The third-order valence-corrected chi connectivity index (χ3v) is 15.8. The van der Waals surface area contributed by atoms with Gasteiger partial charge in [0.15, 0.2) is 5.13 Å². The van der Waals surface area contributed by atoms with Crippen LogP contribution in [0.5, 0.6) is 5.75 Å². The maximum absolute atomic E-state index is 16.9. The van der Waals surface area contributed by atoms with Crippen molar-refractivity contribution in [1.29, 1.82) is 0 Å². The number of para-hydroxylation sites is 2. The van der Waals surface area contributed by atoms with Crippen molar-refractivity contribution < 1.29 is 48.4 Å². The summed E-state index contributed by atoms with van der Waals surface area (Å²) in [4.78, 5) is 84.9. The predicted molar refractivity (Wildman–Crippen MR) is 278 cm³/mol. The van der Waals surface area contributed by atoms with E-state index in [2.05, 4.69) is 22.5 Å². The van der Waals surface area contributed by atoms with Gasteiger partial charge in [0.1, 0.15) is 41.6 Å². The number of hydrogen-bond donors (Lipinski definition) is 4. The van der Waals surface area contributed by atoms with Crippen LogP contribution in [0.3, 0.4) is 0 Å². The molecule has 1 spiro atoms. The fraction of sp³-hybridized carbons (Fsp3) is 0.345. The molecule has 10 rings (SSSR count). The van der Waals surface area contributed by atoms with Gasteiger partial charge in [0.05, 0.1) is 47.6 Å². The largest absolute Gasteiger partial charge is 0.491 e. The summed E-state index contributed by atoms with van der Waals surface area (Å²) < 4.78 is 18.9. The topological polar surface area (TPSA) is 197 Å². The monoisotopic (exact) mass is 1020 g/mol. The van der Waals surface area contributed by atoms with Crippen molar-refractivity contribution in [2.75, 3.05) is 30.5 Å². The molecule has 4 N–H and O–H groups in total. The number of morpholine rings is 1. The highest BCUT2D eigenvalue weighted by molar-refractivity contribution is 7.22. The Morgan fingerprint density at radius 2 is 1.54 bits per heavy atom. The zero-order chi connectivity index (χ0) is 51.7. The van der Waals surface area contributed by atoms with E-state index < -0.39 is 82.9 Å². The molecule has 1 saturated carbocycles. The molecule has 3 aliphatic heterocycles. The molecule has 4 heterocycles. The number of benzene rings is 5. The van der Waals surface area contributed by atoms with Crippen LogP contribution < -0.4 is 20.3 Å². The van der Waals surface area contributed by atoms with E-state index in [-0.39, 0.29) is 35.3 Å². The number of aliphatic hydroxyl groups is 2. The first-order valence-corrected chi connectivity index (χ1v) is 25.9. The van der Waals surface area contributed by atoms with Gasteiger partial charge in [-0.15, -0.1) is 0 Å². The number of ether oxygens (including phenoxy) is 3. The van der Waals surface area contributed by atoms with Crippen LogP contribution in [0, 0.1) is 23.7 Å². The third kappa shape index (κ3) is 8.97. The number of urea groups is 1. The molecule has 0 bridgehead atoms. The molecule has 4 aliphatic rings.